The van der Waals surface area contributed by atoms with Gasteiger partial charge in [-0.15, -0.1) is 0 Å². The Labute approximate surface area is 378 Å². The van der Waals surface area contributed by atoms with Crippen LogP contribution in [0.1, 0.15) is 162 Å². The first-order chi connectivity index (χ1) is 30.1. The third-order valence-corrected chi connectivity index (χ3v) is 9.89. The van der Waals surface area contributed by atoms with Crippen molar-refractivity contribution in [1.29, 1.82) is 0 Å². The highest BCUT2D eigenvalue weighted by Crippen LogP contribution is 2.11. The number of nitrogens with zero attached hydrogens (tertiary/aromatic N) is 1. The Hall–Kier alpha value is -4.01. The molecular weight excluding hydrogens is 775 g/mol. The van der Waals surface area contributed by atoms with Crippen LogP contribution in [0.3, 0.4) is 0 Å². The lowest BCUT2D eigenvalue weighted by atomic mass is 10.1. The maximum Gasteiger partial charge on any atom is 0.306 e. The van der Waals surface area contributed by atoms with Gasteiger partial charge in [-0.25, -0.2) is 0 Å². The first-order valence-corrected chi connectivity index (χ1v) is 23.9. The molecule has 0 bridgehead atoms. The van der Waals surface area contributed by atoms with Crippen molar-refractivity contribution in [3.05, 3.63) is 109 Å². The Bertz CT molecular complexity index is 1370. The molecular formula is C54H87NO7. The summed E-state index contributed by atoms with van der Waals surface area (Å²) in [6.07, 6.45) is 59.8. The number of esters is 2. The SMILES string of the molecule is CC/C=C/C/C=C/C/C=C/C/C=C/C/C=C/C/C=C/CCCCC(=O)OC(COCCC(C(=O)[O-])[N+](C)(C)C)COC(=O)CCC/C=C/C/C=C/C/C=C/CCCCCCCC. The molecule has 8 heteroatoms. The van der Waals surface area contributed by atoms with Crippen LogP contribution in [0.2, 0.25) is 0 Å². The van der Waals surface area contributed by atoms with Gasteiger partial charge >= 0.3 is 11.9 Å². The Morgan fingerprint density at radius 2 is 0.919 bits per heavy atom. The molecule has 0 aliphatic heterocycles. The molecule has 0 N–H and O–H groups in total. The number of likely N-dealkylation sites (N-methyl/N-ethyl adjacent to an activating group) is 1. The Balaban J connectivity index is 4.49. The Morgan fingerprint density at radius 1 is 0.500 bits per heavy atom. The smallest absolute Gasteiger partial charge is 0.306 e. The van der Waals surface area contributed by atoms with E-state index < -0.39 is 18.1 Å². The van der Waals surface area contributed by atoms with Gasteiger partial charge in [0.15, 0.2) is 6.10 Å². The molecule has 8 nitrogen and oxygen atoms in total. The van der Waals surface area contributed by atoms with E-state index in [0.29, 0.717) is 12.8 Å². The standard InChI is InChI=1S/C54H87NO7/c1-6-8-10-12-14-16-18-20-22-24-25-26-27-29-31-33-35-37-39-41-43-45-53(57)62-50(48-60-47-46-51(54(58)59)55(3,4)5)49-61-52(56)44-42-40-38-36-34-32-30-28-23-21-19-17-15-13-11-9-7-2/h8,10,14,16,20-23,25-26,29-32,35-38,50-51H,6-7,9,11-13,15,17-19,24,27-28,33-34,39-49H2,1-5H3/b10-8+,16-14+,22-20+,23-21+,26-25+,31-29+,32-30+,37-35+,38-36+. The maximum atomic E-state index is 12.7. The summed E-state index contributed by atoms with van der Waals surface area (Å²) in [5, 5.41) is 11.6. The fraction of sp³-hybridized carbons (Fsp3) is 0.611. The van der Waals surface area contributed by atoms with Crippen LogP contribution in [0, 0.1) is 0 Å². The quantitative estimate of drug-likeness (QED) is 0.0261. The molecule has 0 saturated heterocycles. The predicted molar refractivity (Wildman–Crippen MR) is 258 cm³/mol. The normalized spacial score (nSPS) is 13.9. The van der Waals surface area contributed by atoms with Crippen molar-refractivity contribution in [3.8, 4) is 0 Å². The molecule has 0 amide bonds. The molecule has 0 radical (unpaired) electrons. The van der Waals surface area contributed by atoms with Gasteiger partial charge in [-0.1, -0.05) is 155 Å². The van der Waals surface area contributed by atoms with Crippen molar-refractivity contribution in [3.63, 3.8) is 0 Å². The van der Waals surface area contributed by atoms with Crippen LogP contribution in [0.25, 0.3) is 0 Å². The number of aliphatic carboxylic acids is 1. The largest absolute Gasteiger partial charge is 0.544 e. The number of quaternary nitrogens is 1. The number of carbonyl (C=O) groups is 3. The van der Waals surface area contributed by atoms with E-state index >= 15 is 0 Å². The van der Waals surface area contributed by atoms with E-state index in [1.54, 1.807) is 21.1 Å². The van der Waals surface area contributed by atoms with E-state index in [1.807, 2.05) is 0 Å². The lowest BCUT2D eigenvalue weighted by molar-refractivity contribution is -0.889. The van der Waals surface area contributed by atoms with E-state index in [9.17, 15) is 19.5 Å². The average molecular weight is 862 g/mol. The third kappa shape index (κ3) is 41.3. The molecule has 2 atom stereocenters. The van der Waals surface area contributed by atoms with E-state index in [1.165, 1.54) is 44.9 Å². The zero-order valence-electron chi connectivity index (χ0n) is 39.7. The molecule has 0 saturated carbocycles. The molecule has 0 fully saturated rings. The lowest BCUT2D eigenvalue weighted by Crippen LogP contribution is -2.55. The zero-order valence-corrected chi connectivity index (χ0v) is 39.7. The molecule has 350 valence electrons. The second-order valence-electron chi connectivity index (χ2n) is 16.6. The van der Waals surface area contributed by atoms with Gasteiger partial charge in [0, 0.05) is 19.3 Å². The third-order valence-electron chi connectivity index (χ3n) is 9.89. The monoisotopic (exact) mass is 862 g/mol. The van der Waals surface area contributed by atoms with E-state index in [0.717, 1.165) is 70.6 Å². The lowest BCUT2D eigenvalue weighted by Gasteiger charge is -2.34. The van der Waals surface area contributed by atoms with Crippen molar-refractivity contribution in [2.75, 3.05) is 41.0 Å². The number of hydrogen-bond acceptors (Lipinski definition) is 7. The number of rotatable bonds is 41. The van der Waals surface area contributed by atoms with Crippen LogP contribution in [-0.2, 0) is 28.6 Å². The molecule has 0 aliphatic carbocycles. The molecule has 0 spiro atoms. The van der Waals surface area contributed by atoms with Gasteiger partial charge in [-0.2, -0.15) is 0 Å². The van der Waals surface area contributed by atoms with Crippen LogP contribution in [-0.4, -0.2) is 75.5 Å². The predicted octanol–water partition coefficient (Wildman–Crippen LogP) is 12.3. The summed E-state index contributed by atoms with van der Waals surface area (Å²) in [6.45, 7) is 4.42. The van der Waals surface area contributed by atoms with E-state index in [-0.39, 0.29) is 55.5 Å². The molecule has 0 aromatic rings. The van der Waals surface area contributed by atoms with Gasteiger partial charge in [-0.3, -0.25) is 9.59 Å². The summed E-state index contributed by atoms with van der Waals surface area (Å²) in [5.74, 6) is -1.87. The fourth-order valence-corrected chi connectivity index (χ4v) is 6.21. The molecule has 0 aliphatic rings. The van der Waals surface area contributed by atoms with Gasteiger partial charge in [0.1, 0.15) is 12.6 Å². The van der Waals surface area contributed by atoms with Gasteiger partial charge in [-0.05, 0) is 96.3 Å². The first-order valence-electron chi connectivity index (χ1n) is 23.9. The number of carboxylic acid groups (broad SMARTS) is 1. The molecule has 0 rings (SSSR count). The molecule has 2 unspecified atom stereocenters. The van der Waals surface area contributed by atoms with Crippen molar-refractivity contribution in [2.45, 2.75) is 174 Å². The first kappa shape index (κ1) is 58.0. The molecule has 0 heterocycles. The van der Waals surface area contributed by atoms with Gasteiger partial charge in [0.05, 0.1) is 40.3 Å². The summed E-state index contributed by atoms with van der Waals surface area (Å²) in [5.41, 5.74) is 0. The van der Waals surface area contributed by atoms with Crippen molar-refractivity contribution < 1.29 is 38.2 Å². The number of ether oxygens (including phenoxy) is 3. The summed E-state index contributed by atoms with van der Waals surface area (Å²) >= 11 is 0. The summed E-state index contributed by atoms with van der Waals surface area (Å²) in [6, 6.07) is -0.748. The summed E-state index contributed by atoms with van der Waals surface area (Å²) in [7, 11) is 5.37. The second kappa shape index (κ2) is 43.6. The Kier molecular flexibility index (Phi) is 40.8. The molecule has 62 heavy (non-hydrogen) atoms. The van der Waals surface area contributed by atoms with Crippen LogP contribution in [0.5, 0.6) is 0 Å². The highest BCUT2D eigenvalue weighted by Gasteiger charge is 2.25. The maximum absolute atomic E-state index is 12.7. The Morgan fingerprint density at radius 3 is 1.39 bits per heavy atom. The number of carboxylic acids is 1. The van der Waals surface area contributed by atoms with Crippen molar-refractivity contribution in [1.82, 2.24) is 0 Å². The number of allylic oxidation sites excluding steroid dienone is 18. The van der Waals surface area contributed by atoms with Crippen LogP contribution < -0.4 is 5.11 Å². The van der Waals surface area contributed by atoms with Crippen LogP contribution in [0.15, 0.2) is 109 Å². The topological polar surface area (TPSA) is 102 Å². The second-order valence-corrected chi connectivity index (χ2v) is 16.6. The minimum atomic E-state index is -1.14. The van der Waals surface area contributed by atoms with Gasteiger partial charge < -0.3 is 28.6 Å². The minimum absolute atomic E-state index is 0.000357. The van der Waals surface area contributed by atoms with Crippen LogP contribution in [0.4, 0.5) is 0 Å². The van der Waals surface area contributed by atoms with Crippen molar-refractivity contribution in [2.24, 2.45) is 0 Å². The van der Waals surface area contributed by atoms with Crippen molar-refractivity contribution >= 4 is 17.9 Å². The van der Waals surface area contributed by atoms with E-state index in [2.05, 4.69) is 123 Å². The number of carbonyl (C=O) groups excluding carboxylic acids is 3. The fourth-order valence-electron chi connectivity index (χ4n) is 6.21. The number of hydrogen-bond donors (Lipinski definition) is 0. The molecule has 0 aromatic heterocycles. The summed E-state index contributed by atoms with van der Waals surface area (Å²) < 4.78 is 17.1. The molecule has 0 aromatic carbocycles. The highest BCUT2D eigenvalue weighted by molar-refractivity contribution is 5.70. The van der Waals surface area contributed by atoms with Gasteiger partial charge in [0.25, 0.3) is 0 Å². The van der Waals surface area contributed by atoms with Crippen LogP contribution >= 0.6 is 0 Å². The van der Waals surface area contributed by atoms with E-state index in [4.69, 9.17) is 14.2 Å². The van der Waals surface area contributed by atoms with Gasteiger partial charge in [0.2, 0.25) is 0 Å². The average Bonchev–Trinajstić information content (AvgIpc) is 3.23. The summed E-state index contributed by atoms with van der Waals surface area (Å²) in [4.78, 5) is 36.9. The zero-order chi connectivity index (χ0) is 45.6. The minimum Gasteiger partial charge on any atom is -0.544 e. The highest BCUT2D eigenvalue weighted by atomic mass is 16.6. The number of unbranched alkanes of at least 4 members (excludes halogenated alkanes) is 9.